The highest BCUT2D eigenvalue weighted by Gasteiger charge is 2.13. The summed E-state index contributed by atoms with van der Waals surface area (Å²) in [7, 11) is 0. The number of nitrogens with one attached hydrogen (secondary N) is 3. The van der Waals surface area contributed by atoms with Crippen LogP contribution in [0.4, 0.5) is 5.69 Å². The molecule has 0 aliphatic carbocycles. The largest absolute Gasteiger partial charge is 0.480 e. The molecule has 0 aliphatic heterocycles. The summed E-state index contributed by atoms with van der Waals surface area (Å²) in [6.45, 7) is 5.31. The van der Waals surface area contributed by atoms with Crippen LogP contribution >= 0.6 is 0 Å². The Hall–Kier alpha value is -2.57. The van der Waals surface area contributed by atoms with Gasteiger partial charge in [0.2, 0.25) is 0 Å². The van der Waals surface area contributed by atoms with E-state index in [-0.39, 0.29) is 18.4 Å². The third kappa shape index (κ3) is 16.7. The van der Waals surface area contributed by atoms with E-state index >= 15 is 0 Å². The van der Waals surface area contributed by atoms with Crippen molar-refractivity contribution >= 4 is 23.5 Å². The molecule has 7 heteroatoms. The van der Waals surface area contributed by atoms with Crippen LogP contribution in [-0.4, -0.2) is 42.5 Å². The lowest BCUT2D eigenvalue weighted by molar-refractivity contribution is -0.134. The van der Waals surface area contributed by atoms with Gasteiger partial charge in [-0.25, -0.2) is 0 Å². The number of aliphatic carboxylic acids is 1. The van der Waals surface area contributed by atoms with Gasteiger partial charge in [0.05, 0.1) is 0 Å². The van der Waals surface area contributed by atoms with Gasteiger partial charge in [-0.1, -0.05) is 104 Å². The number of benzene rings is 1. The van der Waals surface area contributed by atoms with Crippen molar-refractivity contribution in [1.29, 1.82) is 0 Å². The first kappa shape index (κ1) is 32.5. The molecule has 0 saturated heterocycles. The fourth-order valence-electron chi connectivity index (χ4n) is 4.30. The molecule has 0 bridgehead atoms. The first-order chi connectivity index (χ1) is 18.0. The van der Waals surface area contributed by atoms with Gasteiger partial charge in [0, 0.05) is 29.9 Å². The second kappa shape index (κ2) is 21.5. The molecule has 0 spiro atoms. The molecule has 37 heavy (non-hydrogen) atoms. The molecule has 1 rings (SSSR count). The average molecular weight is 518 g/mol. The highest BCUT2D eigenvalue weighted by Crippen LogP contribution is 2.16. The van der Waals surface area contributed by atoms with Crippen molar-refractivity contribution in [3.8, 4) is 0 Å². The zero-order chi connectivity index (χ0) is 27.1. The predicted molar refractivity (Wildman–Crippen MR) is 152 cm³/mol. The van der Waals surface area contributed by atoms with Crippen LogP contribution in [0.25, 0.3) is 0 Å². The fourth-order valence-corrected chi connectivity index (χ4v) is 4.30. The standard InChI is InChI=1S/C30H51N3O4/c1-3-5-7-9-11-13-15-17-19-31-29(36)25-21-26(23-27(22-25)33-24-28(34)35)30(37)32-20-18-16-14-12-10-8-6-4-2/h21-23,33H,3-20,24H2,1-2H3,(H,31,36)(H,32,37)(H,34,35). The summed E-state index contributed by atoms with van der Waals surface area (Å²) < 4.78 is 0. The molecular formula is C30H51N3O4. The normalized spacial score (nSPS) is 10.8. The lowest BCUT2D eigenvalue weighted by Gasteiger charge is -2.12. The minimum Gasteiger partial charge on any atom is -0.480 e. The summed E-state index contributed by atoms with van der Waals surface area (Å²) in [5, 5.41) is 17.7. The van der Waals surface area contributed by atoms with E-state index in [1.54, 1.807) is 18.2 Å². The second-order valence-electron chi connectivity index (χ2n) is 10.0. The third-order valence-corrected chi connectivity index (χ3v) is 6.53. The van der Waals surface area contributed by atoms with Crippen LogP contribution in [0.1, 0.15) is 137 Å². The van der Waals surface area contributed by atoms with E-state index in [1.165, 1.54) is 77.0 Å². The minimum atomic E-state index is -1.01. The molecule has 0 atom stereocenters. The zero-order valence-electron chi connectivity index (χ0n) is 23.3. The van der Waals surface area contributed by atoms with E-state index in [2.05, 4.69) is 29.8 Å². The van der Waals surface area contributed by atoms with Crippen molar-refractivity contribution in [2.75, 3.05) is 25.0 Å². The maximum Gasteiger partial charge on any atom is 0.322 e. The van der Waals surface area contributed by atoms with Crippen molar-refractivity contribution in [1.82, 2.24) is 10.6 Å². The van der Waals surface area contributed by atoms with Crippen LogP contribution in [-0.2, 0) is 4.79 Å². The first-order valence-corrected chi connectivity index (χ1v) is 14.6. The number of rotatable bonds is 23. The van der Waals surface area contributed by atoms with Gasteiger partial charge in [-0.05, 0) is 31.0 Å². The Labute approximate surface area is 224 Å². The minimum absolute atomic E-state index is 0.251. The predicted octanol–water partition coefficient (Wildman–Crippen LogP) is 6.92. The molecular weight excluding hydrogens is 466 g/mol. The number of unbranched alkanes of at least 4 members (excludes halogenated alkanes) is 14. The van der Waals surface area contributed by atoms with E-state index in [9.17, 15) is 14.4 Å². The maximum atomic E-state index is 12.8. The van der Waals surface area contributed by atoms with Crippen LogP contribution < -0.4 is 16.0 Å². The number of carbonyl (C=O) groups is 3. The summed E-state index contributed by atoms with van der Waals surface area (Å²) >= 11 is 0. The Morgan fingerprint density at radius 2 is 0.973 bits per heavy atom. The average Bonchev–Trinajstić information content (AvgIpc) is 2.89. The van der Waals surface area contributed by atoms with E-state index in [4.69, 9.17) is 5.11 Å². The molecule has 210 valence electrons. The molecule has 2 amide bonds. The van der Waals surface area contributed by atoms with Crippen LogP contribution in [0.15, 0.2) is 18.2 Å². The van der Waals surface area contributed by atoms with Gasteiger partial charge < -0.3 is 21.1 Å². The lowest BCUT2D eigenvalue weighted by Crippen LogP contribution is -2.27. The Balaban J connectivity index is 2.52. The fraction of sp³-hybridized carbons (Fsp3) is 0.700. The van der Waals surface area contributed by atoms with Crippen LogP contribution in [0.2, 0.25) is 0 Å². The third-order valence-electron chi connectivity index (χ3n) is 6.53. The van der Waals surface area contributed by atoms with E-state index in [0.717, 1.165) is 25.7 Å². The smallest absolute Gasteiger partial charge is 0.322 e. The molecule has 7 nitrogen and oxygen atoms in total. The second-order valence-corrected chi connectivity index (χ2v) is 10.0. The summed E-state index contributed by atoms with van der Waals surface area (Å²) in [5.74, 6) is -1.51. The van der Waals surface area contributed by atoms with Gasteiger partial charge >= 0.3 is 5.97 Å². The van der Waals surface area contributed by atoms with Crippen LogP contribution in [0.3, 0.4) is 0 Å². The quantitative estimate of drug-likeness (QED) is 0.118. The van der Waals surface area contributed by atoms with Gasteiger partial charge in [0.25, 0.3) is 11.8 Å². The monoisotopic (exact) mass is 517 g/mol. The highest BCUT2D eigenvalue weighted by atomic mass is 16.4. The molecule has 4 N–H and O–H groups in total. The molecule has 0 heterocycles. The lowest BCUT2D eigenvalue weighted by atomic mass is 10.1. The van der Waals surface area contributed by atoms with Crippen molar-refractivity contribution < 1.29 is 19.5 Å². The summed E-state index contributed by atoms with van der Waals surface area (Å²) in [5.41, 5.74) is 1.15. The molecule has 0 fully saturated rings. The molecule has 0 saturated carbocycles. The number of carboxylic acids is 1. The zero-order valence-corrected chi connectivity index (χ0v) is 23.3. The maximum absolute atomic E-state index is 12.8. The van der Waals surface area contributed by atoms with Gasteiger partial charge in [-0.15, -0.1) is 0 Å². The molecule has 0 unspecified atom stereocenters. The van der Waals surface area contributed by atoms with Crippen molar-refractivity contribution in [3.05, 3.63) is 29.3 Å². The Bertz CT molecular complexity index is 730. The SMILES string of the molecule is CCCCCCCCCCNC(=O)c1cc(NCC(=O)O)cc(C(=O)NCCCCCCCCCC)c1. The number of hydrogen-bond acceptors (Lipinski definition) is 4. The van der Waals surface area contributed by atoms with Gasteiger partial charge in [0.15, 0.2) is 0 Å². The van der Waals surface area contributed by atoms with Crippen molar-refractivity contribution in [3.63, 3.8) is 0 Å². The number of amides is 2. The van der Waals surface area contributed by atoms with E-state index < -0.39 is 5.97 Å². The molecule has 1 aromatic rings. The van der Waals surface area contributed by atoms with E-state index in [0.29, 0.717) is 29.9 Å². The van der Waals surface area contributed by atoms with Gasteiger partial charge in [-0.3, -0.25) is 14.4 Å². The number of carboxylic acid groups (broad SMARTS) is 1. The highest BCUT2D eigenvalue weighted by molar-refractivity contribution is 6.01. The summed E-state index contributed by atoms with van der Waals surface area (Å²) in [6, 6.07) is 4.78. The molecule has 0 aliphatic rings. The van der Waals surface area contributed by atoms with E-state index in [1.807, 2.05) is 0 Å². The first-order valence-electron chi connectivity index (χ1n) is 14.6. The summed E-state index contributed by atoms with van der Waals surface area (Å²) in [4.78, 5) is 36.5. The number of hydrogen-bond donors (Lipinski definition) is 4. The Morgan fingerprint density at radius 1 is 0.595 bits per heavy atom. The van der Waals surface area contributed by atoms with Gasteiger partial charge in [-0.2, -0.15) is 0 Å². The van der Waals surface area contributed by atoms with Crippen molar-refractivity contribution in [2.24, 2.45) is 0 Å². The molecule has 1 aromatic carbocycles. The Kier molecular flexibility index (Phi) is 18.9. The summed E-state index contributed by atoms with van der Waals surface area (Å²) in [6.07, 6.45) is 19.1. The Morgan fingerprint density at radius 3 is 1.35 bits per heavy atom. The number of carbonyl (C=O) groups excluding carboxylic acids is 2. The van der Waals surface area contributed by atoms with Crippen molar-refractivity contribution in [2.45, 2.75) is 117 Å². The molecule has 0 radical (unpaired) electrons. The molecule has 0 aromatic heterocycles. The van der Waals surface area contributed by atoms with Crippen LogP contribution in [0, 0.1) is 0 Å². The van der Waals surface area contributed by atoms with Gasteiger partial charge in [0.1, 0.15) is 6.54 Å². The van der Waals surface area contributed by atoms with Crippen LogP contribution in [0.5, 0.6) is 0 Å². The topological polar surface area (TPSA) is 108 Å². The number of anilines is 1.